The largest absolute Gasteiger partial charge is 0.497 e. The Kier molecular flexibility index (Phi) is 9.22. The summed E-state index contributed by atoms with van der Waals surface area (Å²) < 4.78 is 14.1. The Morgan fingerprint density at radius 3 is 2.61 bits per heavy atom. The van der Waals surface area contributed by atoms with Gasteiger partial charge in [0.15, 0.2) is 5.75 Å². The molecule has 0 spiro atoms. The molecule has 4 nitrogen and oxygen atoms in total. The first-order valence-electron chi connectivity index (χ1n) is 10.5. The van der Waals surface area contributed by atoms with Gasteiger partial charge in [-0.2, -0.15) is 5.26 Å². The number of nitrogens with zero attached hydrogens (tertiary/aromatic N) is 1. The second-order valence-electron chi connectivity index (χ2n) is 7.63. The van der Waals surface area contributed by atoms with E-state index in [1.807, 2.05) is 18.2 Å². The van der Waals surface area contributed by atoms with E-state index in [9.17, 15) is 5.26 Å². The Morgan fingerprint density at radius 2 is 2.03 bits per heavy atom. The van der Waals surface area contributed by atoms with Crippen molar-refractivity contribution in [3.63, 3.8) is 0 Å². The second kappa shape index (κ2) is 11.9. The highest BCUT2D eigenvalue weighted by atomic mass is 35.5. The van der Waals surface area contributed by atoms with Gasteiger partial charge in [0.1, 0.15) is 18.4 Å². The molecule has 31 heavy (non-hydrogen) atoms. The van der Waals surface area contributed by atoms with Crippen LogP contribution in [-0.4, -0.2) is 31.9 Å². The van der Waals surface area contributed by atoms with Gasteiger partial charge in [0.05, 0.1) is 23.6 Å². The summed E-state index contributed by atoms with van der Waals surface area (Å²) in [7, 11) is 1.67. The summed E-state index contributed by atoms with van der Waals surface area (Å²) >= 11 is 13.8. The number of fused-ring (bicyclic) bond motifs is 1. The first-order valence-corrected chi connectivity index (χ1v) is 12.6. The van der Waals surface area contributed by atoms with Gasteiger partial charge in [-0.25, -0.2) is 0 Å². The van der Waals surface area contributed by atoms with Gasteiger partial charge in [0, 0.05) is 12.0 Å². The lowest BCUT2D eigenvalue weighted by Gasteiger charge is -2.24. The number of nitrogens with one attached hydrogen (secondary N) is 1. The molecule has 7 heteroatoms. The first kappa shape index (κ1) is 24.1. The molecule has 0 amide bonds. The minimum Gasteiger partial charge on any atom is -0.497 e. The molecule has 1 fully saturated rings. The van der Waals surface area contributed by atoms with E-state index in [0.717, 1.165) is 30.2 Å². The molecule has 2 aromatic rings. The molecule has 2 aliphatic carbocycles. The van der Waals surface area contributed by atoms with Crippen LogP contribution in [0.2, 0.25) is 5.02 Å². The molecule has 0 bridgehead atoms. The Labute approximate surface area is 199 Å². The average molecular weight is 479 g/mol. The van der Waals surface area contributed by atoms with Crippen molar-refractivity contribution in [2.75, 3.05) is 25.9 Å². The third-order valence-corrected chi connectivity index (χ3v) is 6.73. The van der Waals surface area contributed by atoms with E-state index in [2.05, 4.69) is 29.2 Å². The molecule has 4 rings (SSSR count). The van der Waals surface area contributed by atoms with E-state index < -0.39 is 0 Å². The Hall–Kier alpha value is -1.58. The van der Waals surface area contributed by atoms with Crippen molar-refractivity contribution in [1.29, 1.82) is 5.26 Å². The smallest absolute Gasteiger partial charge is 0.155 e. The number of aryl methyl sites for hydroxylation is 1. The predicted octanol–water partition coefficient (Wildman–Crippen LogP) is 6.32. The highest BCUT2D eigenvalue weighted by Crippen LogP contribution is 2.42. The number of nitriles is 1. The molecule has 0 aliphatic heterocycles. The normalized spacial score (nSPS) is 17.1. The van der Waals surface area contributed by atoms with Gasteiger partial charge < -0.3 is 9.47 Å². The lowest BCUT2D eigenvalue weighted by Crippen LogP contribution is -2.29. The number of hydrogen-bond donors (Lipinski definition) is 1. The number of ether oxygens (including phenoxy) is 2. The van der Waals surface area contributed by atoms with E-state index in [1.54, 1.807) is 19.1 Å². The minimum absolute atomic E-state index is 0.234. The third-order valence-electron chi connectivity index (χ3n) is 5.73. The number of methoxy groups -OCH3 is 1. The predicted molar refractivity (Wildman–Crippen MR) is 130 cm³/mol. The van der Waals surface area contributed by atoms with E-state index >= 15 is 0 Å². The number of halogens is 2. The van der Waals surface area contributed by atoms with Crippen LogP contribution in [0.3, 0.4) is 0 Å². The number of hydrogen-bond acceptors (Lipinski definition) is 5. The van der Waals surface area contributed by atoms with E-state index in [-0.39, 0.29) is 5.92 Å². The lowest BCUT2D eigenvalue weighted by atomic mass is 9.91. The zero-order valence-corrected chi connectivity index (χ0v) is 20.2. The van der Waals surface area contributed by atoms with Crippen molar-refractivity contribution in [1.82, 2.24) is 4.72 Å². The second-order valence-corrected chi connectivity index (χ2v) is 9.06. The van der Waals surface area contributed by atoms with Crippen molar-refractivity contribution in [2.24, 2.45) is 0 Å². The molecule has 166 valence electrons. The minimum atomic E-state index is 0.234. The molecule has 0 heterocycles. The number of alkyl halides is 1. The lowest BCUT2D eigenvalue weighted by molar-refractivity contribution is 0.342. The molecule has 1 unspecified atom stereocenters. The number of benzene rings is 2. The summed E-state index contributed by atoms with van der Waals surface area (Å²) in [5.74, 6) is 1.87. The summed E-state index contributed by atoms with van der Waals surface area (Å²) in [6.45, 7) is 0.321. The summed E-state index contributed by atoms with van der Waals surface area (Å²) in [6.07, 6.45) is 8.27. The van der Waals surface area contributed by atoms with Crippen molar-refractivity contribution >= 4 is 35.1 Å². The molecule has 0 saturated heterocycles. The summed E-state index contributed by atoms with van der Waals surface area (Å²) in [5.41, 5.74) is 4.05. The molecule has 1 saturated carbocycles. The van der Waals surface area contributed by atoms with Gasteiger partial charge in [-0.1, -0.05) is 36.0 Å². The fraction of sp³-hybridized carbons (Fsp3) is 0.458. The van der Waals surface area contributed by atoms with Crippen molar-refractivity contribution < 1.29 is 9.47 Å². The van der Waals surface area contributed by atoms with Crippen LogP contribution in [0.5, 0.6) is 11.5 Å². The fourth-order valence-electron chi connectivity index (χ4n) is 3.95. The van der Waals surface area contributed by atoms with E-state index in [4.69, 9.17) is 32.7 Å². The van der Waals surface area contributed by atoms with Crippen LogP contribution in [0.1, 0.15) is 53.9 Å². The summed E-state index contributed by atoms with van der Waals surface area (Å²) in [4.78, 5) is 0. The molecule has 0 radical (unpaired) electrons. The average Bonchev–Trinajstić information content (AvgIpc) is 3.18. The quantitative estimate of drug-likeness (QED) is 0.372. The highest BCUT2D eigenvalue weighted by molar-refractivity contribution is 7.96. The monoisotopic (exact) mass is 478 g/mol. The molecule has 1 N–H and O–H groups in total. The van der Waals surface area contributed by atoms with Crippen LogP contribution < -0.4 is 14.2 Å². The van der Waals surface area contributed by atoms with Gasteiger partial charge in [-0.05, 0) is 72.9 Å². The van der Waals surface area contributed by atoms with Crippen LogP contribution >= 0.6 is 35.1 Å². The zero-order valence-electron chi connectivity index (χ0n) is 17.9. The van der Waals surface area contributed by atoms with Crippen molar-refractivity contribution in [3.8, 4) is 17.6 Å². The van der Waals surface area contributed by atoms with E-state index in [1.165, 1.54) is 30.4 Å². The zero-order chi connectivity index (χ0) is 22.2. The standard InChI is InChI=1S/C19H17Cl2NO2.C5H11NS/c1-23-15-3-5-16-12(9-15)2-4-17(16)13-8-14(11-22)19(18(21)10-13)24-7-6-20;1-7-6-5-3-2-4-5/h3,5,8-10,17H,2,4,6-7H2,1H3;5-6H,2-4H2,1H3. The molecular formula is C24H28Cl2N2O2S. The molecule has 0 aromatic heterocycles. The Morgan fingerprint density at radius 1 is 1.23 bits per heavy atom. The summed E-state index contributed by atoms with van der Waals surface area (Å²) in [5, 5.41) is 9.89. The summed E-state index contributed by atoms with van der Waals surface area (Å²) in [6, 6.07) is 13.0. The van der Waals surface area contributed by atoms with Crippen molar-refractivity contribution in [2.45, 2.75) is 44.1 Å². The van der Waals surface area contributed by atoms with Gasteiger partial charge in [0.25, 0.3) is 0 Å². The molecule has 2 aliphatic rings. The van der Waals surface area contributed by atoms with Gasteiger partial charge in [-0.3, -0.25) is 4.72 Å². The third kappa shape index (κ3) is 6.02. The molecular weight excluding hydrogens is 451 g/mol. The molecule has 1 atom stereocenters. The van der Waals surface area contributed by atoms with Crippen LogP contribution in [-0.2, 0) is 6.42 Å². The maximum absolute atomic E-state index is 9.43. The topological polar surface area (TPSA) is 54.3 Å². The Bertz CT molecular complexity index is 929. The highest BCUT2D eigenvalue weighted by Gasteiger charge is 2.26. The number of rotatable bonds is 7. The van der Waals surface area contributed by atoms with Gasteiger partial charge in [-0.15, -0.1) is 11.6 Å². The van der Waals surface area contributed by atoms with Crippen LogP contribution in [0.4, 0.5) is 0 Å². The fourth-order valence-corrected chi connectivity index (χ4v) is 4.87. The maximum atomic E-state index is 9.43. The van der Waals surface area contributed by atoms with Crippen molar-refractivity contribution in [3.05, 3.63) is 57.6 Å². The maximum Gasteiger partial charge on any atom is 0.155 e. The SMILES string of the molecule is COc1ccc2c(c1)CCC2c1cc(Cl)c(OCCCl)c(C#N)c1.CSNC1CCC1. The van der Waals surface area contributed by atoms with Crippen LogP contribution in [0, 0.1) is 11.3 Å². The van der Waals surface area contributed by atoms with Gasteiger partial charge >= 0.3 is 0 Å². The Balaban J connectivity index is 0.000000330. The molecule has 2 aromatic carbocycles. The first-order chi connectivity index (χ1) is 15.1. The van der Waals surface area contributed by atoms with Crippen LogP contribution in [0.25, 0.3) is 0 Å². The van der Waals surface area contributed by atoms with Crippen LogP contribution in [0.15, 0.2) is 30.3 Å². The van der Waals surface area contributed by atoms with E-state index in [0.29, 0.717) is 28.8 Å². The van der Waals surface area contributed by atoms with Gasteiger partial charge in [0.2, 0.25) is 0 Å².